The Morgan fingerprint density at radius 2 is 1.96 bits per heavy atom. The first kappa shape index (κ1) is 23.4. The summed E-state index contributed by atoms with van der Waals surface area (Å²) in [4.78, 5) is 0. The molecule has 4 rings (SSSR count). The number of hydrogen-bond acceptors (Lipinski definition) is 2. The fraction of sp³-hybridized carbons (Fsp3) is 0.350. The summed E-state index contributed by atoms with van der Waals surface area (Å²) in [5.41, 5.74) is 5.95. The summed E-state index contributed by atoms with van der Waals surface area (Å²) in [6.45, 7) is 8.79. The molecule has 1 aromatic heterocycles. The van der Waals surface area contributed by atoms with Gasteiger partial charge in [0, 0.05) is 0 Å². The van der Waals surface area contributed by atoms with Crippen LogP contribution < -0.4 is 9.75 Å². The van der Waals surface area contributed by atoms with E-state index in [-0.39, 0.29) is 24.8 Å². The van der Waals surface area contributed by atoms with Gasteiger partial charge in [-0.2, -0.15) is 16.6 Å². The summed E-state index contributed by atoms with van der Waals surface area (Å²) >= 11 is 5.28. The van der Waals surface area contributed by atoms with Crippen LogP contribution in [0.1, 0.15) is 34.1 Å². The molecule has 0 saturated carbocycles. The number of halogens is 2. The van der Waals surface area contributed by atoms with Gasteiger partial charge in [-0.25, -0.2) is 6.08 Å². The summed E-state index contributed by atoms with van der Waals surface area (Å²) in [6, 6.07) is 2.26. The second kappa shape index (κ2) is 10.0. The molecule has 25 heavy (non-hydrogen) atoms. The Morgan fingerprint density at radius 3 is 2.56 bits per heavy atom. The molecule has 0 aromatic carbocycles. The molecule has 134 valence electrons. The molecule has 2 aliphatic carbocycles. The standard InChI is InChI=1S/C17H15S2.C3H6.2ClH.Zr/c1-10(2)11-3-4-12(7-11)14-9-19-16-8-15-13(17(14)16)5-6-18-15;1-3-2;;;/h3,5-7,9-10,16H,4H2,1-2H3;1-2H3;2*1H;/q-1;;;;. The maximum Gasteiger partial charge on any atom is -0.147 e. The van der Waals surface area contributed by atoms with Crippen molar-refractivity contribution in [2.45, 2.75) is 39.4 Å². The molecule has 0 fully saturated rings. The van der Waals surface area contributed by atoms with Crippen LogP contribution in [0, 0.1) is 5.92 Å². The summed E-state index contributed by atoms with van der Waals surface area (Å²) in [5.74, 6) is 0.631. The van der Waals surface area contributed by atoms with Gasteiger partial charge in [0.15, 0.2) is 0 Å². The Balaban J connectivity index is 0.000000476. The quantitative estimate of drug-likeness (QED) is 0.523. The van der Waals surface area contributed by atoms with Crippen LogP contribution in [0.15, 0.2) is 45.7 Å². The zero-order valence-electron chi connectivity index (χ0n) is 14.9. The minimum Gasteiger partial charge on any atom is -0.147 e. The fourth-order valence-electron chi connectivity index (χ4n) is 2.94. The number of fused-ring (bicyclic) bond motifs is 2. The van der Waals surface area contributed by atoms with Crippen molar-refractivity contribution in [3.63, 3.8) is 0 Å². The van der Waals surface area contributed by atoms with Crippen LogP contribution in [-0.2, 0) is 24.2 Å². The van der Waals surface area contributed by atoms with Crippen LogP contribution in [0.2, 0.25) is 0 Å². The van der Waals surface area contributed by atoms with E-state index in [0.29, 0.717) is 11.2 Å². The van der Waals surface area contributed by atoms with E-state index in [1.54, 1.807) is 24.2 Å². The Bertz CT molecular complexity index is 853. The third-order valence-corrected chi connectivity index (χ3v) is 5.85. The van der Waals surface area contributed by atoms with Crippen LogP contribution in [-0.4, -0.2) is 8.46 Å². The third-order valence-electron chi connectivity index (χ3n) is 4.00. The topological polar surface area (TPSA) is 0 Å². The van der Waals surface area contributed by atoms with Gasteiger partial charge >= 0.3 is 41.3 Å². The van der Waals surface area contributed by atoms with E-state index in [9.17, 15) is 0 Å². The van der Waals surface area contributed by atoms with Crippen molar-refractivity contribution in [2.75, 3.05) is 0 Å². The number of thioether (sulfide) groups is 1. The van der Waals surface area contributed by atoms with Gasteiger partial charge in [-0.15, -0.1) is 52.7 Å². The van der Waals surface area contributed by atoms with Gasteiger partial charge in [0.1, 0.15) is 0 Å². The van der Waals surface area contributed by atoms with E-state index < -0.39 is 0 Å². The van der Waals surface area contributed by atoms with E-state index in [2.05, 4.69) is 62.8 Å². The van der Waals surface area contributed by atoms with E-state index in [1.165, 1.54) is 35.2 Å². The molecule has 3 aliphatic rings. The Morgan fingerprint density at radius 1 is 1.28 bits per heavy atom. The first-order valence-electron chi connectivity index (χ1n) is 7.97. The number of hydrogen-bond donors (Lipinski definition) is 0. The molecule has 1 aromatic rings. The molecule has 0 saturated heterocycles. The minimum absolute atomic E-state index is 0. The van der Waals surface area contributed by atoms with Crippen LogP contribution in [0.25, 0.3) is 11.6 Å². The largest absolute Gasteiger partial charge is 0.147 e. The molecule has 2 heterocycles. The van der Waals surface area contributed by atoms with Gasteiger partial charge in [0.2, 0.25) is 0 Å². The molecule has 0 amide bonds. The molecule has 0 nitrogen and oxygen atoms in total. The molecule has 0 spiro atoms. The minimum atomic E-state index is 0. The summed E-state index contributed by atoms with van der Waals surface area (Å²) in [5, 5.41) is 6.39. The number of thiophene rings is 1. The van der Waals surface area contributed by atoms with Gasteiger partial charge < -0.3 is 0 Å². The van der Waals surface area contributed by atoms with Gasteiger partial charge in [-0.3, -0.25) is 0 Å². The number of allylic oxidation sites excluding steroid dienone is 5. The second-order valence-corrected chi connectivity index (χ2v) is 10.9. The van der Waals surface area contributed by atoms with Crippen LogP contribution in [0.4, 0.5) is 0 Å². The number of rotatable bonds is 2. The maximum absolute atomic E-state index is 3.61. The Hall–Kier alpha value is 0.343. The first-order chi connectivity index (χ1) is 11.0. The van der Waals surface area contributed by atoms with Gasteiger partial charge in [0.25, 0.3) is 0 Å². The molecule has 5 heteroatoms. The Kier molecular flexibility index (Phi) is 9.39. The van der Waals surface area contributed by atoms with Crippen molar-refractivity contribution >= 4 is 62.8 Å². The molecule has 0 radical (unpaired) electrons. The smallest absolute Gasteiger partial charge is 0.147 e. The average Bonchev–Trinajstić information content (AvgIpc) is 3.18. The Labute approximate surface area is 186 Å². The van der Waals surface area contributed by atoms with E-state index in [4.69, 9.17) is 0 Å². The summed E-state index contributed by atoms with van der Waals surface area (Å²) in [6.07, 6.45) is 9.49. The first-order valence-corrected chi connectivity index (χ1v) is 11.0. The van der Waals surface area contributed by atoms with Gasteiger partial charge in [-0.1, -0.05) is 26.0 Å². The van der Waals surface area contributed by atoms with E-state index in [0.717, 1.165) is 6.42 Å². The average molecular weight is 490 g/mol. The second-order valence-electron chi connectivity index (χ2n) is 6.50. The summed E-state index contributed by atoms with van der Waals surface area (Å²) < 4.78 is 2.85. The van der Waals surface area contributed by atoms with Crippen LogP contribution in [0.5, 0.6) is 0 Å². The predicted octanol–water partition coefficient (Wildman–Crippen LogP) is 5.07. The summed E-state index contributed by atoms with van der Waals surface area (Å²) in [7, 11) is 0. The molecule has 1 unspecified atom stereocenters. The van der Waals surface area contributed by atoms with Crippen LogP contribution in [0.3, 0.4) is 0 Å². The zero-order valence-corrected chi connectivity index (χ0v) is 20.6. The van der Waals surface area contributed by atoms with Crippen molar-refractivity contribution in [3.8, 4) is 0 Å². The molecular formula is C20H23Cl2S2Zr-. The SMILES string of the molecule is CC(C)C1=CCC(C2=CSC3[C-]=c4sccc4=C23)=C1.C[C](C)=[Zr].Cl.Cl. The molecule has 1 atom stereocenters. The molecular weight excluding hydrogens is 466 g/mol. The van der Waals surface area contributed by atoms with Crippen LogP contribution >= 0.6 is 47.9 Å². The zero-order chi connectivity index (χ0) is 16.6. The fourth-order valence-corrected chi connectivity index (χ4v) is 4.97. The molecule has 1 aliphatic heterocycles. The van der Waals surface area contributed by atoms with Crippen molar-refractivity contribution in [2.24, 2.45) is 5.92 Å². The van der Waals surface area contributed by atoms with Crippen molar-refractivity contribution in [3.05, 3.63) is 55.5 Å². The van der Waals surface area contributed by atoms with E-state index >= 15 is 0 Å². The predicted molar refractivity (Wildman–Crippen MR) is 116 cm³/mol. The van der Waals surface area contributed by atoms with Crippen molar-refractivity contribution in [1.29, 1.82) is 0 Å². The molecule has 0 N–H and O–H groups in total. The van der Waals surface area contributed by atoms with Crippen molar-refractivity contribution < 1.29 is 24.2 Å². The normalized spacial score (nSPS) is 19.3. The van der Waals surface area contributed by atoms with Gasteiger partial charge in [0.05, 0.1) is 0 Å². The van der Waals surface area contributed by atoms with Gasteiger partial charge in [-0.05, 0) is 45.1 Å². The third kappa shape index (κ3) is 5.20. The molecule has 0 bridgehead atoms. The van der Waals surface area contributed by atoms with E-state index in [1.807, 2.05) is 23.1 Å². The van der Waals surface area contributed by atoms with Crippen molar-refractivity contribution in [1.82, 2.24) is 0 Å². The maximum atomic E-state index is 3.61. The monoisotopic (exact) mass is 487 g/mol.